The smallest absolute Gasteiger partial charge is 0.355 e. The number of hydrogen-bond donors (Lipinski definition) is 2. The molecule has 0 saturated carbocycles. The van der Waals surface area contributed by atoms with Crippen LogP contribution in [0.2, 0.25) is 0 Å². The molecule has 218 valence electrons. The van der Waals surface area contributed by atoms with Crippen LogP contribution in [0, 0.1) is 0 Å². The van der Waals surface area contributed by atoms with Crippen LogP contribution < -0.4 is 21.3 Å². The molecule has 0 fully saturated rings. The maximum absolute atomic E-state index is 13.8. The number of methoxy groups -OCH3 is 1. The van der Waals surface area contributed by atoms with Crippen molar-refractivity contribution in [1.29, 1.82) is 0 Å². The number of cyclic esters (lactones) is 1. The number of ether oxygens (including phenoxy) is 3. The zero-order valence-electron chi connectivity index (χ0n) is 23.5. The van der Waals surface area contributed by atoms with Gasteiger partial charge in [0.15, 0.2) is 0 Å². The Morgan fingerprint density at radius 1 is 1.17 bits per heavy atom. The number of nitrogens with one attached hydrogen (secondary N) is 1. The van der Waals surface area contributed by atoms with Crippen molar-refractivity contribution >= 4 is 46.6 Å². The summed E-state index contributed by atoms with van der Waals surface area (Å²) in [5, 5.41) is 4.36. The van der Waals surface area contributed by atoms with Gasteiger partial charge in [0.05, 0.1) is 41.8 Å². The highest BCUT2D eigenvalue weighted by Gasteiger charge is 2.50. The van der Waals surface area contributed by atoms with Gasteiger partial charge in [0, 0.05) is 35.7 Å². The summed E-state index contributed by atoms with van der Waals surface area (Å²) in [4.78, 5) is 43.8. The number of pyridine rings is 2. The summed E-state index contributed by atoms with van der Waals surface area (Å²) in [7, 11) is 1.64. The molecule has 0 spiro atoms. The Balaban J connectivity index is 0.00000353. The van der Waals surface area contributed by atoms with Crippen LogP contribution in [0.3, 0.4) is 0 Å². The van der Waals surface area contributed by atoms with Crippen LogP contribution in [0.5, 0.6) is 5.75 Å². The standard InChI is InChI=1S/C31H30N4O6.ClH/c1-4-31(41-17(2)36)22-14-25-27-20(15-35(25)29(37)21(22)16-40-30(31)38)28(26-23(32)6-5-7-24(26)34-27)33-13-12-18-8-10-19(39-3)11-9-18;/h5-11,14H,4,12-13,15-16,32H2,1-3H3,(H,33,34);1H/t31-;/m0./s1. The summed E-state index contributed by atoms with van der Waals surface area (Å²) in [6, 6.07) is 15.2. The van der Waals surface area contributed by atoms with E-state index in [1.807, 2.05) is 42.5 Å². The highest BCUT2D eigenvalue weighted by Crippen LogP contribution is 2.44. The molecule has 3 N–H and O–H groups in total. The van der Waals surface area contributed by atoms with Crippen molar-refractivity contribution in [3.63, 3.8) is 0 Å². The van der Waals surface area contributed by atoms with Crippen LogP contribution in [0.1, 0.15) is 42.5 Å². The van der Waals surface area contributed by atoms with Crippen LogP contribution >= 0.6 is 12.4 Å². The molecule has 4 aromatic rings. The third-order valence-corrected chi connectivity index (χ3v) is 7.91. The van der Waals surface area contributed by atoms with Crippen molar-refractivity contribution in [2.75, 3.05) is 24.7 Å². The Bertz CT molecular complexity index is 1790. The first-order valence-corrected chi connectivity index (χ1v) is 13.5. The largest absolute Gasteiger partial charge is 0.497 e. The van der Waals surface area contributed by atoms with Crippen molar-refractivity contribution in [3.05, 3.63) is 81.1 Å². The molecule has 1 atom stereocenters. The van der Waals surface area contributed by atoms with Crippen LogP contribution in [-0.4, -0.2) is 35.1 Å². The first kappa shape index (κ1) is 28.9. The zero-order valence-corrected chi connectivity index (χ0v) is 24.3. The number of anilines is 2. The minimum atomic E-state index is -1.70. The van der Waals surface area contributed by atoms with Gasteiger partial charge in [0.2, 0.25) is 5.60 Å². The molecule has 4 heterocycles. The average Bonchev–Trinajstić information content (AvgIpc) is 3.33. The molecule has 0 bridgehead atoms. The van der Waals surface area contributed by atoms with Crippen LogP contribution in [-0.2, 0) is 44.2 Å². The Hall–Kier alpha value is -4.57. The van der Waals surface area contributed by atoms with Gasteiger partial charge in [-0.15, -0.1) is 12.4 Å². The summed E-state index contributed by atoms with van der Waals surface area (Å²) in [5.74, 6) is -0.530. The lowest BCUT2D eigenvalue weighted by molar-refractivity contribution is -0.188. The Morgan fingerprint density at radius 3 is 2.62 bits per heavy atom. The molecule has 10 nitrogen and oxygen atoms in total. The predicted molar refractivity (Wildman–Crippen MR) is 161 cm³/mol. The molecule has 2 aliphatic heterocycles. The fourth-order valence-electron chi connectivity index (χ4n) is 5.88. The topological polar surface area (TPSA) is 135 Å². The number of fused-ring (bicyclic) bond motifs is 5. The van der Waals surface area contributed by atoms with E-state index in [1.165, 1.54) is 6.92 Å². The first-order valence-electron chi connectivity index (χ1n) is 13.5. The molecule has 0 saturated heterocycles. The molecule has 6 rings (SSSR count). The summed E-state index contributed by atoms with van der Waals surface area (Å²) in [5.41, 5.74) is 10.3. The van der Waals surface area contributed by atoms with Crippen molar-refractivity contribution in [3.8, 4) is 17.1 Å². The highest BCUT2D eigenvalue weighted by molar-refractivity contribution is 6.04. The normalized spacial score (nSPS) is 16.5. The number of rotatable bonds is 7. The SMILES string of the molecule is CC[C@@]1(OC(C)=O)C(=O)OCc2c1cc1n(c2=O)Cc2c-1nc1cccc(N)c1c2NCCc1ccc(OC)cc1.Cl. The van der Waals surface area contributed by atoms with E-state index in [0.29, 0.717) is 40.3 Å². The lowest BCUT2D eigenvalue weighted by Gasteiger charge is -2.35. The van der Waals surface area contributed by atoms with Crippen LogP contribution in [0.15, 0.2) is 53.3 Å². The number of halogens is 1. The molecule has 42 heavy (non-hydrogen) atoms. The fraction of sp³-hybridized carbons (Fsp3) is 0.290. The fourth-order valence-corrected chi connectivity index (χ4v) is 5.88. The molecule has 2 aromatic heterocycles. The van der Waals surface area contributed by atoms with Crippen molar-refractivity contribution in [1.82, 2.24) is 9.55 Å². The molecule has 0 unspecified atom stereocenters. The van der Waals surface area contributed by atoms with Crippen molar-refractivity contribution in [2.24, 2.45) is 0 Å². The van der Waals surface area contributed by atoms with E-state index in [2.05, 4.69) is 5.32 Å². The summed E-state index contributed by atoms with van der Waals surface area (Å²) < 4.78 is 17.8. The maximum atomic E-state index is 13.8. The Morgan fingerprint density at radius 2 is 1.93 bits per heavy atom. The quantitative estimate of drug-likeness (QED) is 0.210. The lowest BCUT2D eigenvalue weighted by Crippen LogP contribution is -2.47. The zero-order chi connectivity index (χ0) is 28.9. The predicted octanol–water partition coefficient (Wildman–Crippen LogP) is 4.32. The second-order valence-corrected chi connectivity index (χ2v) is 10.2. The van der Waals surface area contributed by atoms with Gasteiger partial charge in [-0.1, -0.05) is 25.1 Å². The van der Waals surface area contributed by atoms with E-state index in [4.69, 9.17) is 24.9 Å². The number of nitrogen functional groups attached to an aromatic ring is 1. The molecule has 0 aliphatic carbocycles. The first-order chi connectivity index (χ1) is 19.8. The number of carbonyl (C=O) groups is 2. The van der Waals surface area contributed by atoms with E-state index in [0.717, 1.165) is 34.4 Å². The number of aromatic nitrogens is 2. The van der Waals surface area contributed by atoms with Gasteiger partial charge < -0.3 is 29.8 Å². The van der Waals surface area contributed by atoms with Crippen LogP contribution in [0.25, 0.3) is 22.3 Å². The van der Waals surface area contributed by atoms with Crippen LogP contribution in [0.4, 0.5) is 11.4 Å². The molecule has 0 radical (unpaired) electrons. The number of hydrogen-bond acceptors (Lipinski definition) is 9. The molecule has 11 heteroatoms. The van der Waals surface area contributed by atoms with E-state index in [1.54, 1.807) is 24.7 Å². The molecular weight excluding hydrogens is 560 g/mol. The van der Waals surface area contributed by atoms with Gasteiger partial charge in [0.25, 0.3) is 5.56 Å². The number of benzene rings is 2. The average molecular weight is 591 g/mol. The molecule has 0 amide bonds. The number of esters is 2. The van der Waals surface area contributed by atoms with E-state index in [9.17, 15) is 14.4 Å². The third-order valence-electron chi connectivity index (χ3n) is 7.91. The van der Waals surface area contributed by atoms with Gasteiger partial charge in [0.1, 0.15) is 12.4 Å². The lowest BCUT2D eigenvalue weighted by atomic mass is 9.85. The monoisotopic (exact) mass is 590 g/mol. The Kier molecular flexibility index (Phi) is 7.59. The van der Waals surface area contributed by atoms with Crippen molar-refractivity contribution < 1.29 is 23.8 Å². The van der Waals surface area contributed by atoms with Gasteiger partial charge in [-0.25, -0.2) is 9.78 Å². The molecule has 2 aliphatic rings. The minimum absolute atomic E-state index is 0. The van der Waals surface area contributed by atoms with Gasteiger partial charge >= 0.3 is 11.9 Å². The van der Waals surface area contributed by atoms with E-state index in [-0.39, 0.29) is 37.5 Å². The summed E-state index contributed by atoms with van der Waals surface area (Å²) in [6.07, 6.45) is 0.866. The van der Waals surface area contributed by atoms with E-state index < -0.39 is 17.5 Å². The number of nitrogens with zero attached hydrogens (tertiary/aromatic N) is 2. The highest BCUT2D eigenvalue weighted by atomic mass is 35.5. The molecule has 2 aromatic carbocycles. The second-order valence-electron chi connectivity index (χ2n) is 10.2. The van der Waals surface area contributed by atoms with Gasteiger partial charge in [-0.3, -0.25) is 9.59 Å². The Labute approximate surface area is 248 Å². The van der Waals surface area contributed by atoms with Crippen molar-refractivity contribution in [2.45, 2.75) is 45.4 Å². The summed E-state index contributed by atoms with van der Waals surface area (Å²) in [6.45, 7) is 3.64. The number of nitrogens with two attached hydrogens (primary N) is 1. The second kappa shape index (κ2) is 11.0. The minimum Gasteiger partial charge on any atom is -0.497 e. The van der Waals surface area contributed by atoms with Gasteiger partial charge in [-0.2, -0.15) is 0 Å². The van der Waals surface area contributed by atoms with E-state index >= 15 is 0 Å². The third kappa shape index (κ3) is 4.52. The number of carbonyl (C=O) groups excluding carboxylic acids is 2. The summed E-state index contributed by atoms with van der Waals surface area (Å²) >= 11 is 0. The molecular formula is C31H31ClN4O6. The van der Waals surface area contributed by atoms with Gasteiger partial charge in [-0.05, 0) is 48.7 Å². The maximum Gasteiger partial charge on any atom is 0.355 e.